The molecule has 5 rings (SSSR count). The SMILES string of the molecule is Cc1ccccc1C(c1c[nH]c2ncccc12)C1CCCN1C(=O)OCc1ccccc1. The van der Waals surface area contributed by atoms with E-state index in [-0.39, 0.29) is 24.7 Å². The lowest BCUT2D eigenvalue weighted by Crippen LogP contribution is -2.40. The summed E-state index contributed by atoms with van der Waals surface area (Å²) in [6, 6.07) is 22.4. The molecule has 1 saturated heterocycles. The third-order valence-electron chi connectivity index (χ3n) is 6.47. The largest absolute Gasteiger partial charge is 0.445 e. The van der Waals surface area contributed by atoms with E-state index >= 15 is 0 Å². The number of likely N-dealkylation sites (tertiary alicyclic amines) is 1. The monoisotopic (exact) mass is 425 g/mol. The van der Waals surface area contributed by atoms with E-state index in [0.717, 1.165) is 29.4 Å². The molecule has 1 aliphatic rings. The number of aromatic nitrogens is 2. The molecular weight excluding hydrogens is 398 g/mol. The van der Waals surface area contributed by atoms with E-state index in [0.29, 0.717) is 6.54 Å². The normalized spacial score (nSPS) is 16.9. The quantitative estimate of drug-likeness (QED) is 0.439. The molecule has 2 unspecified atom stereocenters. The Morgan fingerprint density at radius 3 is 2.75 bits per heavy atom. The number of hydrogen-bond donors (Lipinski definition) is 1. The third-order valence-corrected chi connectivity index (χ3v) is 6.47. The van der Waals surface area contributed by atoms with Crippen molar-refractivity contribution in [2.75, 3.05) is 6.54 Å². The van der Waals surface area contributed by atoms with Crippen LogP contribution in [0.5, 0.6) is 0 Å². The molecular formula is C27H27N3O2. The van der Waals surface area contributed by atoms with Crippen LogP contribution in [0.15, 0.2) is 79.1 Å². The van der Waals surface area contributed by atoms with Crippen molar-refractivity contribution in [3.63, 3.8) is 0 Å². The highest BCUT2D eigenvalue weighted by molar-refractivity contribution is 5.81. The summed E-state index contributed by atoms with van der Waals surface area (Å²) in [5.41, 5.74) is 5.51. The highest BCUT2D eigenvalue weighted by atomic mass is 16.6. The molecule has 4 aromatic rings. The van der Waals surface area contributed by atoms with E-state index in [1.165, 1.54) is 16.7 Å². The zero-order valence-electron chi connectivity index (χ0n) is 18.2. The molecule has 1 aliphatic heterocycles. The Balaban J connectivity index is 1.49. The van der Waals surface area contributed by atoms with Crippen molar-refractivity contribution in [3.05, 3.63) is 101 Å². The summed E-state index contributed by atoms with van der Waals surface area (Å²) in [6.07, 6.45) is 5.52. The van der Waals surface area contributed by atoms with E-state index in [4.69, 9.17) is 4.74 Å². The van der Waals surface area contributed by atoms with Gasteiger partial charge in [-0.2, -0.15) is 0 Å². The number of nitrogens with one attached hydrogen (secondary N) is 1. The molecule has 1 fully saturated rings. The first-order chi connectivity index (χ1) is 15.7. The average molecular weight is 426 g/mol. The van der Waals surface area contributed by atoms with Gasteiger partial charge in [-0.15, -0.1) is 0 Å². The summed E-state index contributed by atoms with van der Waals surface area (Å²) >= 11 is 0. The van der Waals surface area contributed by atoms with Crippen LogP contribution < -0.4 is 0 Å². The van der Waals surface area contributed by atoms with Gasteiger partial charge in [-0.25, -0.2) is 9.78 Å². The molecule has 32 heavy (non-hydrogen) atoms. The molecule has 162 valence electrons. The fraction of sp³-hybridized carbons (Fsp3) is 0.259. The summed E-state index contributed by atoms with van der Waals surface area (Å²) in [4.78, 5) is 22.9. The number of benzene rings is 2. The average Bonchev–Trinajstić information content (AvgIpc) is 3.48. The predicted octanol–water partition coefficient (Wildman–Crippen LogP) is 5.80. The number of fused-ring (bicyclic) bond motifs is 1. The number of aromatic amines is 1. The number of hydrogen-bond acceptors (Lipinski definition) is 3. The first-order valence-corrected chi connectivity index (χ1v) is 11.2. The van der Waals surface area contributed by atoms with Crippen molar-refractivity contribution in [3.8, 4) is 0 Å². The minimum absolute atomic E-state index is 0.0265. The van der Waals surface area contributed by atoms with Gasteiger partial charge in [0.15, 0.2) is 0 Å². The van der Waals surface area contributed by atoms with Crippen LogP contribution in [0.25, 0.3) is 11.0 Å². The molecule has 2 atom stereocenters. The smallest absolute Gasteiger partial charge is 0.410 e. The Hall–Kier alpha value is -3.60. The maximum atomic E-state index is 13.2. The molecule has 0 aliphatic carbocycles. The van der Waals surface area contributed by atoms with E-state index in [1.807, 2.05) is 41.3 Å². The standard InChI is InChI=1S/C27H27N3O2/c1-19-9-5-6-12-21(19)25(23-17-29-26-22(23)13-7-15-28-26)24-14-8-16-30(24)27(31)32-18-20-10-3-2-4-11-20/h2-7,9-13,15,17,24-25H,8,14,16,18H2,1H3,(H,28,29). The first-order valence-electron chi connectivity index (χ1n) is 11.2. The fourth-order valence-electron chi connectivity index (χ4n) is 4.92. The van der Waals surface area contributed by atoms with Crippen LogP contribution in [0.2, 0.25) is 0 Å². The minimum Gasteiger partial charge on any atom is -0.445 e. The van der Waals surface area contributed by atoms with Gasteiger partial charge in [-0.1, -0.05) is 54.6 Å². The van der Waals surface area contributed by atoms with Crippen LogP contribution in [-0.2, 0) is 11.3 Å². The zero-order chi connectivity index (χ0) is 21.9. The van der Waals surface area contributed by atoms with Gasteiger partial charge >= 0.3 is 6.09 Å². The molecule has 5 heteroatoms. The molecule has 0 bridgehead atoms. The van der Waals surface area contributed by atoms with E-state index in [1.54, 1.807) is 6.20 Å². The van der Waals surface area contributed by atoms with Crippen molar-refractivity contribution < 1.29 is 9.53 Å². The number of carbonyl (C=O) groups is 1. The number of carbonyl (C=O) groups excluding carboxylic acids is 1. The van der Waals surface area contributed by atoms with Crippen molar-refractivity contribution in [1.82, 2.24) is 14.9 Å². The maximum Gasteiger partial charge on any atom is 0.410 e. The van der Waals surface area contributed by atoms with Gasteiger partial charge in [0.2, 0.25) is 0 Å². The van der Waals surface area contributed by atoms with Gasteiger partial charge in [0.1, 0.15) is 12.3 Å². The Morgan fingerprint density at radius 1 is 1.09 bits per heavy atom. The molecule has 1 amide bonds. The van der Waals surface area contributed by atoms with Crippen molar-refractivity contribution >= 4 is 17.1 Å². The second-order valence-electron chi connectivity index (χ2n) is 8.42. The lowest BCUT2D eigenvalue weighted by Gasteiger charge is -2.32. The molecule has 5 nitrogen and oxygen atoms in total. The Kier molecular flexibility index (Phi) is 5.63. The highest BCUT2D eigenvalue weighted by Crippen LogP contribution is 2.40. The Labute approximate surface area is 188 Å². The number of rotatable bonds is 5. The molecule has 0 spiro atoms. The van der Waals surface area contributed by atoms with Crippen LogP contribution in [0.1, 0.15) is 41.0 Å². The molecule has 0 radical (unpaired) electrons. The fourth-order valence-corrected chi connectivity index (χ4v) is 4.92. The zero-order valence-corrected chi connectivity index (χ0v) is 18.2. The summed E-state index contributed by atoms with van der Waals surface area (Å²) in [7, 11) is 0. The van der Waals surface area contributed by atoms with Crippen molar-refractivity contribution in [1.29, 1.82) is 0 Å². The number of H-pyrrole nitrogens is 1. The topological polar surface area (TPSA) is 58.2 Å². The van der Waals surface area contributed by atoms with Crippen LogP contribution in [0, 0.1) is 6.92 Å². The summed E-state index contributed by atoms with van der Waals surface area (Å²) in [6.45, 7) is 3.14. The summed E-state index contributed by atoms with van der Waals surface area (Å²) in [5.74, 6) is 0.0425. The first kappa shape index (κ1) is 20.3. The van der Waals surface area contributed by atoms with Crippen LogP contribution in [0.4, 0.5) is 4.79 Å². The summed E-state index contributed by atoms with van der Waals surface area (Å²) < 4.78 is 5.73. The van der Waals surface area contributed by atoms with Gasteiger partial charge in [-0.3, -0.25) is 0 Å². The van der Waals surface area contributed by atoms with E-state index < -0.39 is 0 Å². The second kappa shape index (κ2) is 8.87. The minimum atomic E-state index is -0.243. The van der Waals surface area contributed by atoms with Gasteiger partial charge in [0.25, 0.3) is 0 Å². The van der Waals surface area contributed by atoms with Crippen LogP contribution >= 0.6 is 0 Å². The number of amides is 1. The molecule has 2 aromatic carbocycles. The number of pyridine rings is 1. The molecule has 1 N–H and O–H groups in total. The van der Waals surface area contributed by atoms with Crippen molar-refractivity contribution in [2.24, 2.45) is 0 Å². The van der Waals surface area contributed by atoms with Crippen molar-refractivity contribution in [2.45, 2.75) is 38.3 Å². The van der Waals surface area contributed by atoms with E-state index in [2.05, 4.69) is 53.4 Å². The van der Waals surface area contributed by atoms with Gasteiger partial charge in [-0.05, 0) is 54.2 Å². The van der Waals surface area contributed by atoms with Gasteiger partial charge < -0.3 is 14.6 Å². The predicted molar refractivity (Wildman–Crippen MR) is 125 cm³/mol. The third kappa shape index (κ3) is 3.86. The maximum absolute atomic E-state index is 13.2. The van der Waals surface area contributed by atoms with E-state index in [9.17, 15) is 4.79 Å². The molecule has 2 aromatic heterocycles. The highest BCUT2D eigenvalue weighted by Gasteiger charge is 2.38. The Bertz CT molecular complexity index is 1220. The number of ether oxygens (including phenoxy) is 1. The van der Waals surface area contributed by atoms with Gasteiger partial charge in [0.05, 0.1) is 0 Å². The second-order valence-corrected chi connectivity index (χ2v) is 8.42. The number of nitrogens with zero attached hydrogens (tertiary/aromatic N) is 2. The Morgan fingerprint density at radius 2 is 1.91 bits per heavy atom. The lowest BCUT2D eigenvalue weighted by molar-refractivity contribution is 0.0897. The summed E-state index contributed by atoms with van der Waals surface area (Å²) in [5, 5.41) is 1.10. The van der Waals surface area contributed by atoms with Crippen LogP contribution in [-0.4, -0.2) is 33.5 Å². The van der Waals surface area contributed by atoms with Gasteiger partial charge in [0, 0.05) is 36.3 Å². The van der Waals surface area contributed by atoms with Crippen LogP contribution in [0.3, 0.4) is 0 Å². The molecule has 3 heterocycles. The molecule has 0 saturated carbocycles. The number of aryl methyl sites for hydroxylation is 1. The lowest BCUT2D eigenvalue weighted by atomic mass is 9.82.